The fraction of sp³-hybridized carbons (Fsp3) is 0.667. The first-order chi connectivity index (χ1) is 8.75. The van der Waals surface area contributed by atoms with Crippen LogP contribution in [0, 0.1) is 6.92 Å². The number of hydrogen-bond donors (Lipinski definition) is 1. The molecule has 0 radical (unpaired) electrons. The molecule has 1 unspecified atom stereocenters. The minimum absolute atomic E-state index is 0.635. The zero-order valence-corrected chi connectivity index (χ0v) is 11.7. The van der Waals surface area contributed by atoms with Crippen molar-refractivity contribution in [2.75, 3.05) is 19.6 Å². The third-order valence-electron chi connectivity index (χ3n) is 3.73. The molecule has 2 rings (SSSR count). The Bertz CT molecular complexity index is 341. The second-order valence-electron chi connectivity index (χ2n) is 5.40. The molecule has 0 aliphatic carbocycles. The maximum absolute atomic E-state index is 4.41. The Morgan fingerprint density at radius 3 is 2.72 bits per heavy atom. The lowest BCUT2D eigenvalue weighted by Crippen LogP contribution is -2.43. The molecule has 1 aromatic rings. The number of aromatic nitrogens is 1. The van der Waals surface area contributed by atoms with Crippen LogP contribution in [0.1, 0.15) is 37.4 Å². The molecule has 1 aliphatic rings. The number of nitrogens with one attached hydrogen (secondary N) is 1. The van der Waals surface area contributed by atoms with E-state index in [0.717, 1.165) is 18.8 Å². The molecule has 2 heterocycles. The van der Waals surface area contributed by atoms with Crippen LogP contribution in [0.15, 0.2) is 18.3 Å². The predicted octanol–water partition coefficient (Wildman–Crippen LogP) is 2.35. The Kier molecular flexibility index (Phi) is 5.14. The van der Waals surface area contributed by atoms with Gasteiger partial charge in [-0.1, -0.05) is 12.5 Å². The zero-order valence-electron chi connectivity index (χ0n) is 11.7. The van der Waals surface area contributed by atoms with Gasteiger partial charge in [-0.2, -0.15) is 0 Å². The Balaban J connectivity index is 1.69. The van der Waals surface area contributed by atoms with Crippen LogP contribution in [0.4, 0.5) is 0 Å². The van der Waals surface area contributed by atoms with Crippen molar-refractivity contribution in [1.82, 2.24) is 15.2 Å². The van der Waals surface area contributed by atoms with E-state index in [2.05, 4.69) is 41.2 Å². The van der Waals surface area contributed by atoms with Crippen molar-refractivity contribution >= 4 is 0 Å². The lowest BCUT2D eigenvalue weighted by molar-refractivity contribution is 0.170. The second-order valence-corrected chi connectivity index (χ2v) is 5.40. The van der Waals surface area contributed by atoms with Crippen LogP contribution >= 0.6 is 0 Å². The highest BCUT2D eigenvalue weighted by molar-refractivity contribution is 5.11. The van der Waals surface area contributed by atoms with E-state index in [-0.39, 0.29) is 0 Å². The first-order valence-electron chi connectivity index (χ1n) is 7.12. The first-order valence-corrected chi connectivity index (χ1v) is 7.12. The lowest BCUT2D eigenvalue weighted by Gasteiger charge is -2.32. The summed E-state index contributed by atoms with van der Waals surface area (Å²) in [5.41, 5.74) is 2.35. The summed E-state index contributed by atoms with van der Waals surface area (Å²) >= 11 is 0. The van der Waals surface area contributed by atoms with Crippen LogP contribution in [0.3, 0.4) is 0 Å². The molecule has 3 nitrogen and oxygen atoms in total. The monoisotopic (exact) mass is 247 g/mol. The summed E-state index contributed by atoms with van der Waals surface area (Å²) in [6, 6.07) is 4.86. The van der Waals surface area contributed by atoms with E-state index in [9.17, 15) is 0 Å². The van der Waals surface area contributed by atoms with E-state index >= 15 is 0 Å². The van der Waals surface area contributed by atoms with Crippen LogP contribution in [0.2, 0.25) is 0 Å². The van der Waals surface area contributed by atoms with Gasteiger partial charge in [0.15, 0.2) is 0 Å². The molecule has 18 heavy (non-hydrogen) atoms. The lowest BCUT2D eigenvalue weighted by atomic mass is 10.1. The molecule has 1 atom stereocenters. The summed E-state index contributed by atoms with van der Waals surface area (Å²) in [4.78, 5) is 7.01. The van der Waals surface area contributed by atoms with E-state index in [0.29, 0.717) is 6.04 Å². The third kappa shape index (κ3) is 4.07. The standard InChI is InChI=1S/C15H25N3/c1-13-6-7-15(17-10-13)12-16-11-14(2)18-8-4-3-5-9-18/h6-7,10,14,16H,3-5,8-9,11-12H2,1-2H3. The van der Waals surface area contributed by atoms with Gasteiger partial charge >= 0.3 is 0 Å². The molecule has 0 amide bonds. The molecule has 1 aliphatic heterocycles. The molecular weight excluding hydrogens is 222 g/mol. The van der Waals surface area contributed by atoms with Crippen molar-refractivity contribution in [3.8, 4) is 0 Å². The van der Waals surface area contributed by atoms with Gasteiger partial charge in [-0.05, 0) is 51.4 Å². The summed E-state index contributed by atoms with van der Waals surface area (Å²) in [6.45, 7) is 8.86. The summed E-state index contributed by atoms with van der Waals surface area (Å²) in [5, 5.41) is 3.51. The Labute approximate surface area is 111 Å². The minimum Gasteiger partial charge on any atom is -0.310 e. The summed E-state index contributed by atoms with van der Waals surface area (Å²) in [5.74, 6) is 0. The number of pyridine rings is 1. The van der Waals surface area contributed by atoms with Gasteiger partial charge in [-0.15, -0.1) is 0 Å². The topological polar surface area (TPSA) is 28.2 Å². The van der Waals surface area contributed by atoms with Gasteiger partial charge in [-0.3, -0.25) is 9.88 Å². The van der Waals surface area contributed by atoms with Gasteiger partial charge < -0.3 is 5.32 Å². The van der Waals surface area contributed by atoms with Crippen molar-refractivity contribution in [3.63, 3.8) is 0 Å². The van der Waals surface area contributed by atoms with Crippen molar-refractivity contribution in [1.29, 1.82) is 0 Å². The molecular formula is C15H25N3. The maximum atomic E-state index is 4.41. The molecule has 3 heteroatoms. The first kappa shape index (κ1) is 13.5. The van der Waals surface area contributed by atoms with Crippen LogP contribution in [-0.2, 0) is 6.54 Å². The van der Waals surface area contributed by atoms with Crippen LogP contribution < -0.4 is 5.32 Å². The van der Waals surface area contributed by atoms with Crippen molar-refractivity contribution in [2.24, 2.45) is 0 Å². The maximum Gasteiger partial charge on any atom is 0.0541 e. The number of likely N-dealkylation sites (tertiary alicyclic amines) is 1. The van der Waals surface area contributed by atoms with Crippen LogP contribution in [0.25, 0.3) is 0 Å². The Morgan fingerprint density at radius 1 is 1.28 bits per heavy atom. The molecule has 1 N–H and O–H groups in total. The summed E-state index contributed by atoms with van der Waals surface area (Å²) in [7, 11) is 0. The van der Waals surface area contributed by atoms with E-state index < -0.39 is 0 Å². The highest BCUT2D eigenvalue weighted by Crippen LogP contribution is 2.11. The van der Waals surface area contributed by atoms with Crippen molar-refractivity contribution in [2.45, 2.75) is 45.7 Å². The zero-order chi connectivity index (χ0) is 12.8. The SMILES string of the molecule is Cc1ccc(CNCC(C)N2CCCCC2)nc1. The van der Waals surface area contributed by atoms with Crippen molar-refractivity contribution in [3.05, 3.63) is 29.6 Å². The fourth-order valence-electron chi connectivity index (χ4n) is 2.50. The van der Waals surface area contributed by atoms with E-state index in [1.807, 2.05) is 6.20 Å². The number of aryl methyl sites for hydroxylation is 1. The number of rotatable bonds is 5. The normalized spacial score (nSPS) is 18.8. The fourth-order valence-corrected chi connectivity index (χ4v) is 2.50. The smallest absolute Gasteiger partial charge is 0.0541 e. The predicted molar refractivity (Wildman–Crippen MR) is 75.6 cm³/mol. The molecule has 0 aromatic carbocycles. The largest absolute Gasteiger partial charge is 0.310 e. The van der Waals surface area contributed by atoms with Crippen molar-refractivity contribution < 1.29 is 0 Å². The minimum atomic E-state index is 0.635. The quantitative estimate of drug-likeness (QED) is 0.865. The molecule has 0 spiro atoms. The van der Waals surface area contributed by atoms with E-state index in [1.54, 1.807) is 0 Å². The van der Waals surface area contributed by atoms with Gasteiger partial charge in [0, 0.05) is 25.3 Å². The van der Waals surface area contributed by atoms with Gasteiger partial charge in [0.2, 0.25) is 0 Å². The second kappa shape index (κ2) is 6.86. The summed E-state index contributed by atoms with van der Waals surface area (Å²) < 4.78 is 0. The number of hydrogen-bond acceptors (Lipinski definition) is 3. The van der Waals surface area contributed by atoms with Crippen LogP contribution in [0.5, 0.6) is 0 Å². The van der Waals surface area contributed by atoms with Gasteiger partial charge in [0.25, 0.3) is 0 Å². The average Bonchev–Trinajstić information content (AvgIpc) is 2.42. The Morgan fingerprint density at radius 2 is 2.06 bits per heavy atom. The molecule has 1 aromatic heterocycles. The van der Waals surface area contributed by atoms with Crippen LogP contribution in [-0.4, -0.2) is 35.6 Å². The number of piperidine rings is 1. The van der Waals surface area contributed by atoms with Gasteiger partial charge in [-0.25, -0.2) is 0 Å². The average molecular weight is 247 g/mol. The number of nitrogens with zero attached hydrogens (tertiary/aromatic N) is 2. The van der Waals surface area contributed by atoms with Gasteiger partial charge in [0.1, 0.15) is 0 Å². The van der Waals surface area contributed by atoms with E-state index in [1.165, 1.54) is 37.9 Å². The molecule has 0 bridgehead atoms. The highest BCUT2D eigenvalue weighted by Gasteiger charge is 2.15. The molecule has 1 saturated heterocycles. The highest BCUT2D eigenvalue weighted by atomic mass is 15.2. The van der Waals surface area contributed by atoms with E-state index in [4.69, 9.17) is 0 Å². The van der Waals surface area contributed by atoms with Gasteiger partial charge in [0.05, 0.1) is 5.69 Å². The molecule has 100 valence electrons. The Hall–Kier alpha value is -0.930. The third-order valence-corrected chi connectivity index (χ3v) is 3.73. The molecule has 1 fully saturated rings. The molecule has 0 saturated carbocycles. The summed E-state index contributed by atoms with van der Waals surface area (Å²) in [6.07, 6.45) is 6.07.